The molecule has 0 saturated heterocycles. The van der Waals surface area contributed by atoms with Crippen molar-refractivity contribution in [1.29, 1.82) is 0 Å². The Bertz CT molecular complexity index is 952. The molecule has 0 spiro atoms. The molecule has 1 amide bonds. The quantitative estimate of drug-likeness (QED) is 0.724. The van der Waals surface area contributed by atoms with Gasteiger partial charge < -0.3 is 14.8 Å². The molecule has 1 N–H and O–H groups in total. The van der Waals surface area contributed by atoms with Crippen molar-refractivity contribution in [3.63, 3.8) is 0 Å². The number of hydrogen-bond acceptors (Lipinski definition) is 4. The van der Waals surface area contributed by atoms with Gasteiger partial charge in [0.15, 0.2) is 17.2 Å². The molecule has 0 radical (unpaired) electrons. The van der Waals surface area contributed by atoms with Crippen LogP contribution in [0.3, 0.4) is 0 Å². The number of methoxy groups -OCH3 is 2. The molecule has 0 atom stereocenters. The highest BCUT2D eigenvalue weighted by Gasteiger charge is 2.14. The number of aromatic nitrogens is 2. The van der Waals surface area contributed by atoms with E-state index >= 15 is 0 Å². The summed E-state index contributed by atoms with van der Waals surface area (Å²) in [4.78, 5) is 12.4. The SMILES string of the molecule is COc1ccc(CNC(=O)c2cc(C)n(-c3ccc(F)cc3)n2)cc1OC. The lowest BCUT2D eigenvalue weighted by Gasteiger charge is -2.10. The minimum absolute atomic E-state index is 0.289. The van der Waals surface area contributed by atoms with Gasteiger partial charge in [0.1, 0.15) is 5.82 Å². The van der Waals surface area contributed by atoms with Crippen molar-refractivity contribution in [2.75, 3.05) is 14.2 Å². The molecule has 0 fully saturated rings. The summed E-state index contributed by atoms with van der Waals surface area (Å²) in [6.45, 7) is 2.16. The van der Waals surface area contributed by atoms with Crippen LogP contribution in [0.15, 0.2) is 48.5 Å². The van der Waals surface area contributed by atoms with E-state index in [1.807, 2.05) is 19.1 Å². The number of hydrogen-bond donors (Lipinski definition) is 1. The van der Waals surface area contributed by atoms with E-state index in [1.165, 1.54) is 12.1 Å². The maximum Gasteiger partial charge on any atom is 0.272 e. The largest absolute Gasteiger partial charge is 0.493 e. The first-order valence-corrected chi connectivity index (χ1v) is 8.33. The molecule has 1 heterocycles. The molecule has 3 aromatic rings. The monoisotopic (exact) mass is 369 g/mol. The highest BCUT2D eigenvalue weighted by molar-refractivity contribution is 5.92. The molecule has 0 unspecified atom stereocenters. The van der Waals surface area contributed by atoms with E-state index in [0.29, 0.717) is 23.7 Å². The summed E-state index contributed by atoms with van der Waals surface area (Å²) in [6.07, 6.45) is 0. The standard InChI is InChI=1S/C20H20FN3O3/c1-13-10-17(23-24(13)16-7-5-15(21)6-8-16)20(25)22-12-14-4-9-18(26-2)19(11-14)27-3/h4-11H,12H2,1-3H3,(H,22,25). The third-order valence-corrected chi connectivity index (χ3v) is 4.09. The van der Waals surface area contributed by atoms with Gasteiger partial charge in [0.2, 0.25) is 0 Å². The van der Waals surface area contributed by atoms with Gasteiger partial charge in [-0.3, -0.25) is 4.79 Å². The van der Waals surface area contributed by atoms with Crippen LogP contribution in [-0.2, 0) is 6.54 Å². The summed E-state index contributed by atoms with van der Waals surface area (Å²) in [5.41, 5.74) is 2.62. The molecule has 0 aliphatic rings. The number of carbonyl (C=O) groups is 1. The highest BCUT2D eigenvalue weighted by Crippen LogP contribution is 2.27. The van der Waals surface area contributed by atoms with E-state index < -0.39 is 0 Å². The topological polar surface area (TPSA) is 65.4 Å². The van der Waals surface area contributed by atoms with E-state index in [0.717, 1.165) is 11.3 Å². The van der Waals surface area contributed by atoms with Crippen LogP contribution >= 0.6 is 0 Å². The van der Waals surface area contributed by atoms with Crippen LogP contribution in [0.2, 0.25) is 0 Å². The van der Waals surface area contributed by atoms with E-state index in [9.17, 15) is 9.18 Å². The van der Waals surface area contributed by atoms with Gasteiger partial charge in [-0.25, -0.2) is 9.07 Å². The number of amides is 1. The zero-order chi connectivity index (χ0) is 19.4. The smallest absolute Gasteiger partial charge is 0.272 e. The summed E-state index contributed by atoms with van der Waals surface area (Å²) in [6, 6.07) is 13.1. The Hall–Kier alpha value is -3.35. The zero-order valence-electron chi connectivity index (χ0n) is 15.3. The number of halogens is 1. The van der Waals surface area contributed by atoms with Gasteiger partial charge in [-0.05, 0) is 55.0 Å². The number of rotatable bonds is 6. The lowest BCUT2D eigenvalue weighted by Crippen LogP contribution is -2.23. The van der Waals surface area contributed by atoms with E-state index in [2.05, 4.69) is 10.4 Å². The van der Waals surface area contributed by atoms with Crippen molar-refractivity contribution in [2.24, 2.45) is 0 Å². The van der Waals surface area contributed by atoms with Crippen LogP contribution < -0.4 is 14.8 Å². The maximum absolute atomic E-state index is 13.1. The lowest BCUT2D eigenvalue weighted by molar-refractivity contribution is 0.0945. The molecule has 2 aromatic carbocycles. The average Bonchev–Trinajstić information content (AvgIpc) is 3.08. The van der Waals surface area contributed by atoms with Crippen molar-refractivity contribution in [3.05, 3.63) is 71.3 Å². The summed E-state index contributed by atoms with van der Waals surface area (Å²) in [7, 11) is 3.13. The Morgan fingerprint density at radius 1 is 1.07 bits per heavy atom. The fraction of sp³-hybridized carbons (Fsp3) is 0.200. The fourth-order valence-electron chi connectivity index (χ4n) is 2.69. The molecule has 6 nitrogen and oxygen atoms in total. The van der Waals surface area contributed by atoms with Crippen LogP contribution in [0.5, 0.6) is 11.5 Å². The molecule has 3 rings (SSSR count). The van der Waals surface area contributed by atoms with Gasteiger partial charge in [0, 0.05) is 12.2 Å². The summed E-state index contributed by atoms with van der Waals surface area (Å²) >= 11 is 0. The van der Waals surface area contributed by atoms with Crippen molar-refractivity contribution >= 4 is 5.91 Å². The van der Waals surface area contributed by atoms with E-state index in [4.69, 9.17) is 9.47 Å². The minimum atomic E-state index is -0.323. The number of nitrogens with zero attached hydrogens (tertiary/aromatic N) is 2. The van der Waals surface area contributed by atoms with Crippen molar-refractivity contribution in [2.45, 2.75) is 13.5 Å². The molecule has 7 heteroatoms. The second-order valence-corrected chi connectivity index (χ2v) is 5.93. The average molecular weight is 369 g/mol. The maximum atomic E-state index is 13.1. The van der Waals surface area contributed by atoms with Gasteiger partial charge in [-0.2, -0.15) is 5.10 Å². The molecule has 140 valence electrons. The van der Waals surface area contributed by atoms with Gasteiger partial charge in [0.05, 0.1) is 19.9 Å². The normalized spacial score (nSPS) is 10.5. The van der Waals surface area contributed by atoms with E-state index in [-0.39, 0.29) is 17.4 Å². The zero-order valence-corrected chi connectivity index (χ0v) is 15.3. The highest BCUT2D eigenvalue weighted by atomic mass is 19.1. The summed E-state index contributed by atoms with van der Waals surface area (Å²) in [5, 5.41) is 7.15. The van der Waals surface area contributed by atoms with Crippen LogP contribution in [0, 0.1) is 12.7 Å². The second-order valence-electron chi connectivity index (χ2n) is 5.93. The van der Waals surface area contributed by atoms with Crippen molar-refractivity contribution in [1.82, 2.24) is 15.1 Å². The van der Waals surface area contributed by atoms with Gasteiger partial charge in [-0.15, -0.1) is 0 Å². The Balaban J connectivity index is 1.72. The molecular formula is C20H20FN3O3. The van der Waals surface area contributed by atoms with Gasteiger partial charge >= 0.3 is 0 Å². The molecule has 0 aliphatic carbocycles. The molecule has 1 aromatic heterocycles. The molecular weight excluding hydrogens is 349 g/mol. The number of carbonyl (C=O) groups excluding carboxylic acids is 1. The Labute approximate surface area is 156 Å². The second kappa shape index (κ2) is 7.90. The van der Waals surface area contributed by atoms with Gasteiger partial charge in [0.25, 0.3) is 5.91 Å². The minimum Gasteiger partial charge on any atom is -0.493 e. The molecule has 0 bridgehead atoms. The van der Waals surface area contributed by atoms with Crippen molar-refractivity contribution in [3.8, 4) is 17.2 Å². The Kier molecular flexibility index (Phi) is 5.40. The predicted octanol–water partition coefficient (Wildman–Crippen LogP) is 3.27. The molecule has 0 saturated carbocycles. The third kappa shape index (κ3) is 4.08. The first-order chi connectivity index (χ1) is 13.0. The number of ether oxygens (including phenoxy) is 2. The first-order valence-electron chi connectivity index (χ1n) is 8.33. The number of benzene rings is 2. The number of aryl methyl sites for hydroxylation is 1. The van der Waals surface area contributed by atoms with Crippen LogP contribution in [0.4, 0.5) is 4.39 Å². The van der Waals surface area contributed by atoms with E-state index in [1.54, 1.807) is 43.2 Å². The third-order valence-electron chi connectivity index (χ3n) is 4.09. The molecule has 27 heavy (non-hydrogen) atoms. The van der Waals surface area contributed by atoms with Crippen molar-refractivity contribution < 1.29 is 18.7 Å². The van der Waals surface area contributed by atoms with Crippen LogP contribution in [0.25, 0.3) is 5.69 Å². The summed E-state index contributed by atoms with van der Waals surface area (Å²) < 4.78 is 25.2. The Morgan fingerprint density at radius 2 is 1.78 bits per heavy atom. The summed E-state index contributed by atoms with van der Waals surface area (Å²) in [5.74, 6) is 0.604. The number of nitrogens with one attached hydrogen (secondary N) is 1. The van der Waals surface area contributed by atoms with Crippen LogP contribution in [0.1, 0.15) is 21.7 Å². The van der Waals surface area contributed by atoms with Crippen LogP contribution in [-0.4, -0.2) is 29.9 Å². The predicted molar refractivity (Wildman–Crippen MR) is 99.0 cm³/mol. The lowest BCUT2D eigenvalue weighted by atomic mass is 10.2. The molecule has 0 aliphatic heterocycles. The first kappa shape index (κ1) is 18.4. The van der Waals surface area contributed by atoms with Gasteiger partial charge in [-0.1, -0.05) is 6.07 Å². The fourth-order valence-corrected chi connectivity index (χ4v) is 2.69. The Morgan fingerprint density at radius 3 is 2.44 bits per heavy atom.